The number of methoxy groups -OCH3 is 1. The predicted octanol–water partition coefficient (Wildman–Crippen LogP) is 2.54. The van der Waals surface area contributed by atoms with E-state index in [1.54, 1.807) is 20.8 Å². The first kappa shape index (κ1) is 16.2. The molecule has 1 aromatic rings. The largest absolute Gasteiger partial charge is 0.465 e. The third-order valence-electron chi connectivity index (χ3n) is 2.18. The van der Waals surface area contributed by atoms with Gasteiger partial charge in [-0.25, -0.2) is 14.5 Å². The van der Waals surface area contributed by atoms with Crippen molar-refractivity contribution in [2.45, 2.75) is 26.4 Å². The molecule has 0 aliphatic rings. The SMILES string of the molecule is COC(=O)c1ccc(C(=O)N(C)C(=O)OC(C)(C)C)s1. The Morgan fingerprint density at radius 1 is 1.15 bits per heavy atom. The van der Waals surface area contributed by atoms with Gasteiger partial charge in [0.2, 0.25) is 0 Å². The predicted molar refractivity (Wildman–Crippen MR) is 74.0 cm³/mol. The summed E-state index contributed by atoms with van der Waals surface area (Å²) in [4.78, 5) is 36.6. The number of nitrogens with zero attached hydrogens (tertiary/aromatic N) is 1. The van der Waals surface area contributed by atoms with Gasteiger partial charge in [-0.15, -0.1) is 11.3 Å². The second-order valence-electron chi connectivity index (χ2n) is 5.00. The average Bonchev–Trinajstić information content (AvgIpc) is 2.83. The molecule has 1 aromatic heterocycles. The zero-order valence-electron chi connectivity index (χ0n) is 12.1. The van der Waals surface area contributed by atoms with Gasteiger partial charge in [-0.05, 0) is 32.9 Å². The molecule has 6 nitrogen and oxygen atoms in total. The first-order valence-corrected chi connectivity index (χ1v) is 6.66. The number of hydrogen-bond acceptors (Lipinski definition) is 6. The van der Waals surface area contributed by atoms with Crippen LogP contribution in [0.4, 0.5) is 4.79 Å². The summed E-state index contributed by atoms with van der Waals surface area (Å²) in [6.45, 7) is 5.14. The molecular weight excluding hydrogens is 282 g/mol. The molecule has 0 saturated carbocycles. The minimum Gasteiger partial charge on any atom is -0.465 e. The van der Waals surface area contributed by atoms with Gasteiger partial charge in [0.05, 0.1) is 12.0 Å². The molecule has 2 amide bonds. The molecule has 0 radical (unpaired) electrons. The number of ether oxygens (including phenoxy) is 2. The summed E-state index contributed by atoms with van der Waals surface area (Å²) in [7, 11) is 2.59. The summed E-state index contributed by atoms with van der Waals surface area (Å²) in [6, 6.07) is 2.95. The van der Waals surface area contributed by atoms with E-state index in [2.05, 4.69) is 4.74 Å². The molecule has 0 aliphatic heterocycles. The summed E-state index contributed by atoms with van der Waals surface area (Å²) in [6.07, 6.45) is -0.740. The van der Waals surface area contributed by atoms with E-state index in [4.69, 9.17) is 4.74 Å². The van der Waals surface area contributed by atoms with E-state index in [-0.39, 0.29) is 4.88 Å². The number of esters is 1. The molecule has 7 heteroatoms. The summed E-state index contributed by atoms with van der Waals surface area (Å²) < 4.78 is 9.65. The van der Waals surface area contributed by atoms with Gasteiger partial charge >= 0.3 is 12.1 Å². The molecule has 0 N–H and O–H groups in total. The van der Waals surface area contributed by atoms with E-state index >= 15 is 0 Å². The first-order valence-electron chi connectivity index (χ1n) is 5.85. The van der Waals surface area contributed by atoms with Crippen molar-refractivity contribution in [3.05, 3.63) is 21.9 Å². The molecule has 0 saturated heterocycles. The van der Waals surface area contributed by atoms with Crippen LogP contribution >= 0.6 is 11.3 Å². The molecule has 0 fully saturated rings. The fourth-order valence-corrected chi connectivity index (χ4v) is 2.14. The minimum absolute atomic E-state index is 0.263. The second-order valence-corrected chi connectivity index (χ2v) is 6.08. The molecule has 0 spiro atoms. The van der Waals surface area contributed by atoms with Crippen molar-refractivity contribution in [2.75, 3.05) is 14.2 Å². The van der Waals surface area contributed by atoms with Gasteiger partial charge < -0.3 is 9.47 Å². The minimum atomic E-state index is -0.740. The lowest BCUT2D eigenvalue weighted by Crippen LogP contribution is -2.37. The van der Waals surface area contributed by atoms with Crippen molar-refractivity contribution < 1.29 is 23.9 Å². The number of thiophene rings is 1. The van der Waals surface area contributed by atoms with E-state index < -0.39 is 23.6 Å². The third-order valence-corrected chi connectivity index (χ3v) is 3.23. The Balaban J connectivity index is 2.82. The van der Waals surface area contributed by atoms with Crippen molar-refractivity contribution in [1.82, 2.24) is 4.90 Å². The Kier molecular flexibility index (Phi) is 4.88. The third kappa shape index (κ3) is 4.06. The lowest BCUT2D eigenvalue weighted by molar-refractivity contribution is 0.0286. The highest BCUT2D eigenvalue weighted by Crippen LogP contribution is 2.19. The van der Waals surface area contributed by atoms with Crippen LogP contribution < -0.4 is 0 Å². The molecule has 0 unspecified atom stereocenters. The number of hydrogen-bond donors (Lipinski definition) is 0. The molecule has 0 bridgehead atoms. The van der Waals surface area contributed by atoms with Crippen molar-refractivity contribution >= 4 is 29.3 Å². The first-order chi connectivity index (χ1) is 9.15. The van der Waals surface area contributed by atoms with E-state index in [0.29, 0.717) is 4.88 Å². The standard InChI is InChI=1S/C13H17NO5S/c1-13(2,3)19-12(17)14(4)10(15)8-6-7-9(20-8)11(16)18-5/h6-7H,1-5H3. The van der Waals surface area contributed by atoms with Gasteiger partial charge in [-0.3, -0.25) is 4.79 Å². The smallest absolute Gasteiger partial charge is 0.417 e. The highest BCUT2D eigenvalue weighted by Gasteiger charge is 2.26. The van der Waals surface area contributed by atoms with Crippen LogP contribution in [-0.4, -0.2) is 42.6 Å². The van der Waals surface area contributed by atoms with Crippen LogP contribution in [0.1, 0.15) is 40.1 Å². The lowest BCUT2D eigenvalue weighted by atomic mass is 10.2. The second kappa shape index (κ2) is 6.04. The average molecular weight is 299 g/mol. The Morgan fingerprint density at radius 2 is 1.70 bits per heavy atom. The van der Waals surface area contributed by atoms with Crippen LogP contribution in [0.3, 0.4) is 0 Å². The molecule has 0 atom stereocenters. The number of rotatable bonds is 2. The van der Waals surface area contributed by atoms with Crippen molar-refractivity contribution in [3.63, 3.8) is 0 Å². The highest BCUT2D eigenvalue weighted by atomic mass is 32.1. The maximum Gasteiger partial charge on any atom is 0.417 e. The lowest BCUT2D eigenvalue weighted by Gasteiger charge is -2.23. The summed E-state index contributed by atoms with van der Waals surface area (Å²) in [5, 5.41) is 0. The monoisotopic (exact) mass is 299 g/mol. The van der Waals surface area contributed by atoms with Gasteiger partial charge in [-0.1, -0.05) is 0 Å². The van der Waals surface area contributed by atoms with Crippen LogP contribution in [0, 0.1) is 0 Å². The van der Waals surface area contributed by atoms with Crippen LogP contribution in [0.5, 0.6) is 0 Å². The molecule has 0 aromatic carbocycles. The number of imide groups is 1. The number of carbonyl (C=O) groups excluding carboxylic acids is 3. The maximum absolute atomic E-state index is 12.1. The summed E-state index contributed by atoms with van der Waals surface area (Å²) in [5.74, 6) is -1.05. The van der Waals surface area contributed by atoms with Gasteiger partial charge in [0, 0.05) is 7.05 Å². The van der Waals surface area contributed by atoms with Crippen molar-refractivity contribution in [2.24, 2.45) is 0 Å². The summed E-state index contributed by atoms with van der Waals surface area (Å²) >= 11 is 0.964. The number of carbonyl (C=O) groups is 3. The summed E-state index contributed by atoms with van der Waals surface area (Å²) in [5.41, 5.74) is -0.682. The van der Waals surface area contributed by atoms with Gasteiger partial charge in [0.15, 0.2) is 0 Å². The highest BCUT2D eigenvalue weighted by molar-refractivity contribution is 7.15. The molecule has 0 aliphatic carbocycles. The fraction of sp³-hybridized carbons (Fsp3) is 0.462. The van der Waals surface area contributed by atoms with E-state index in [1.807, 2.05) is 0 Å². The van der Waals surface area contributed by atoms with E-state index in [1.165, 1.54) is 26.3 Å². The molecule has 1 rings (SSSR count). The van der Waals surface area contributed by atoms with E-state index in [0.717, 1.165) is 16.2 Å². The Labute approximate surface area is 121 Å². The quantitative estimate of drug-likeness (QED) is 0.785. The van der Waals surface area contributed by atoms with Gasteiger partial charge in [-0.2, -0.15) is 0 Å². The van der Waals surface area contributed by atoms with E-state index in [9.17, 15) is 14.4 Å². The molecule has 1 heterocycles. The molecular formula is C13H17NO5S. The Hall–Kier alpha value is -1.89. The van der Waals surface area contributed by atoms with Crippen molar-refractivity contribution in [3.8, 4) is 0 Å². The normalized spacial score (nSPS) is 10.8. The van der Waals surface area contributed by atoms with Crippen LogP contribution in [0.25, 0.3) is 0 Å². The zero-order valence-corrected chi connectivity index (χ0v) is 12.9. The zero-order chi connectivity index (χ0) is 15.5. The van der Waals surface area contributed by atoms with Gasteiger partial charge in [0.25, 0.3) is 5.91 Å². The van der Waals surface area contributed by atoms with Crippen LogP contribution in [-0.2, 0) is 9.47 Å². The van der Waals surface area contributed by atoms with Crippen molar-refractivity contribution in [1.29, 1.82) is 0 Å². The molecule has 110 valence electrons. The fourth-order valence-electron chi connectivity index (χ4n) is 1.24. The maximum atomic E-state index is 12.1. The van der Waals surface area contributed by atoms with Crippen LogP contribution in [0.2, 0.25) is 0 Å². The Morgan fingerprint density at radius 3 is 2.20 bits per heavy atom. The number of amides is 2. The molecule has 20 heavy (non-hydrogen) atoms. The topological polar surface area (TPSA) is 72.9 Å². The van der Waals surface area contributed by atoms with Gasteiger partial charge in [0.1, 0.15) is 10.5 Å². The Bertz CT molecular complexity index is 529. The van der Waals surface area contributed by atoms with Crippen LogP contribution in [0.15, 0.2) is 12.1 Å².